The van der Waals surface area contributed by atoms with Crippen molar-refractivity contribution in [3.63, 3.8) is 0 Å². The molecule has 4 rings (SSSR count). The van der Waals surface area contributed by atoms with E-state index in [4.69, 9.17) is 14.4 Å². The van der Waals surface area contributed by atoms with Crippen molar-refractivity contribution in [2.45, 2.75) is 12.5 Å². The van der Waals surface area contributed by atoms with Crippen LogP contribution in [0.15, 0.2) is 59.3 Å². The predicted molar refractivity (Wildman–Crippen MR) is 108 cm³/mol. The summed E-state index contributed by atoms with van der Waals surface area (Å²) in [7, 11) is 0. The van der Waals surface area contributed by atoms with Crippen LogP contribution < -0.4 is 10.6 Å². The van der Waals surface area contributed by atoms with Crippen LogP contribution in [0.5, 0.6) is 0 Å². The maximum atomic E-state index is 12.2. The molecule has 0 aliphatic heterocycles. The topological polar surface area (TPSA) is 131 Å². The molecule has 0 fully saturated rings. The molecule has 0 saturated heterocycles. The summed E-state index contributed by atoms with van der Waals surface area (Å²) in [5, 5.41) is 17.1. The lowest BCUT2D eigenvalue weighted by molar-refractivity contribution is -0.135. The number of benzene rings is 2. The second kappa shape index (κ2) is 8.70. The van der Waals surface area contributed by atoms with Gasteiger partial charge in [0, 0.05) is 5.92 Å². The fourth-order valence-electron chi connectivity index (χ4n) is 3.63. The minimum absolute atomic E-state index is 0.0418. The smallest absolute Gasteiger partial charge is 0.407 e. The van der Waals surface area contributed by atoms with Gasteiger partial charge >= 0.3 is 12.1 Å². The molecule has 1 aliphatic carbocycles. The second-order valence-electron chi connectivity index (χ2n) is 6.93. The average Bonchev–Trinajstić information content (AvgIpc) is 3.37. The number of amides is 2. The van der Waals surface area contributed by atoms with Crippen molar-refractivity contribution in [3.05, 3.63) is 77.2 Å². The van der Waals surface area contributed by atoms with E-state index in [2.05, 4.69) is 27.9 Å². The molecule has 0 atom stereocenters. The zero-order valence-electron chi connectivity index (χ0n) is 16.3. The Labute approximate surface area is 177 Å². The fraction of sp³-hybridized carbons (Fsp3) is 0.182. The van der Waals surface area contributed by atoms with E-state index in [1.54, 1.807) is 0 Å². The Balaban J connectivity index is 1.36. The van der Waals surface area contributed by atoms with Gasteiger partial charge in [-0.3, -0.25) is 9.59 Å². The van der Waals surface area contributed by atoms with E-state index in [-0.39, 0.29) is 30.3 Å². The third kappa shape index (κ3) is 4.25. The molecule has 0 spiro atoms. The molecule has 9 nitrogen and oxygen atoms in total. The Bertz CT molecular complexity index is 1090. The lowest BCUT2D eigenvalue weighted by atomic mass is 9.98. The van der Waals surface area contributed by atoms with Gasteiger partial charge in [0.25, 0.3) is 5.91 Å². The number of carbonyl (C=O) groups is 3. The second-order valence-corrected chi connectivity index (χ2v) is 6.93. The first-order valence-electron chi connectivity index (χ1n) is 9.56. The highest BCUT2D eigenvalue weighted by atomic mass is 16.5. The van der Waals surface area contributed by atoms with Crippen molar-refractivity contribution in [2.75, 3.05) is 13.2 Å². The normalized spacial score (nSPS) is 12.0. The van der Waals surface area contributed by atoms with Crippen LogP contribution in [0.1, 0.15) is 33.1 Å². The van der Waals surface area contributed by atoms with Gasteiger partial charge in [-0.2, -0.15) is 0 Å². The number of carboxylic acids is 1. The number of aromatic nitrogens is 1. The standard InChI is InChI=1S/C22H19N3O6/c26-20(27)10-23-21(28)18-12-31-25-19(18)9-24-22(29)30-11-17-15-7-3-1-5-13(15)14-6-2-4-8-16(14)17/h1-8,12,17H,9-11H2,(H,23,28)(H,24,29)(H,26,27). The monoisotopic (exact) mass is 421 g/mol. The molecule has 1 aromatic heterocycles. The van der Waals surface area contributed by atoms with Crippen molar-refractivity contribution in [1.29, 1.82) is 0 Å². The number of carboxylic acid groups (broad SMARTS) is 1. The third-order valence-electron chi connectivity index (χ3n) is 5.03. The Morgan fingerprint density at radius 1 is 1.00 bits per heavy atom. The summed E-state index contributed by atoms with van der Waals surface area (Å²) in [5.41, 5.74) is 4.67. The summed E-state index contributed by atoms with van der Waals surface area (Å²) < 4.78 is 10.2. The van der Waals surface area contributed by atoms with Gasteiger partial charge in [-0.15, -0.1) is 0 Å². The Morgan fingerprint density at radius 3 is 2.29 bits per heavy atom. The summed E-state index contributed by atoms with van der Waals surface area (Å²) >= 11 is 0. The molecule has 0 radical (unpaired) electrons. The molecule has 0 saturated carbocycles. The predicted octanol–water partition coefficient (Wildman–Crippen LogP) is 2.53. The highest BCUT2D eigenvalue weighted by molar-refractivity contribution is 5.96. The fourth-order valence-corrected chi connectivity index (χ4v) is 3.63. The molecule has 0 bridgehead atoms. The van der Waals surface area contributed by atoms with Gasteiger partial charge in [0.05, 0.1) is 6.54 Å². The molecule has 3 N–H and O–H groups in total. The van der Waals surface area contributed by atoms with E-state index in [0.717, 1.165) is 28.5 Å². The zero-order valence-corrected chi connectivity index (χ0v) is 16.3. The van der Waals surface area contributed by atoms with Crippen molar-refractivity contribution in [1.82, 2.24) is 15.8 Å². The number of hydrogen-bond donors (Lipinski definition) is 3. The zero-order chi connectivity index (χ0) is 21.8. The maximum absolute atomic E-state index is 12.2. The lowest BCUT2D eigenvalue weighted by Gasteiger charge is -2.14. The van der Waals surface area contributed by atoms with Gasteiger partial charge in [0.2, 0.25) is 0 Å². The number of nitrogens with zero attached hydrogens (tertiary/aromatic N) is 1. The molecular weight excluding hydrogens is 402 g/mol. The SMILES string of the molecule is O=C(O)CNC(=O)c1conc1CNC(=O)OCC1c2ccccc2-c2ccccc21. The number of carbonyl (C=O) groups excluding carboxylic acids is 2. The van der Waals surface area contributed by atoms with E-state index in [0.29, 0.717) is 0 Å². The Morgan fingerprint density at radius 2 is 1.65 bits per heavy atom. The number of ether oxygens (including phenoxy) is 1. The van der Waals surface area contributed by atoms with Crippen LogP contribution in [0.2, 0.25) is 0 Å². The van der Waals surface area contributed by atoms with E-state index < -0.39 is 24.5 Å². The van der Waals surface area contributed by atoms with Crippen molar-refractivity contribution >= 4 is 18.0 Å². The van der Waals surface area contributed by atoms with Crippen LogP contribution in [0.3, 0.4) is 0 Å². The van der Waals surface area contributed by atoms with Crippen LogP contribution in [0.4, 0.5) is 4.79 Å². The Kier molecular flexibility index (Phi) is 5.65. The molecule has 3 aromatic rings. The van der Waals surface area contributed by atoms with Gasteiger partial charge in [-0.1, -0.05) is 53.7 Å². The highest BCUT2D eigenvalue weighted by Gasteiger charge is 2.29. The summed E-state index contributed by atoms with van der Waals surface area (Å²) in [4.78, 5) is 34.8. The van der Waals surface area contributed by atoms with E-state index in [1.165, 1.54) is 0 Å². The van der Waals surface area contributed by atoms with Crippen molar-refractivity contribution < 1.29 is 28.8 Å². The molecule has 158 valence electrons. The minimum atomic E-state index is -1.18. The van der Waals surface area contributed by atoms with E-state index >= 15 is 0 Å². The quantitative estimate of drug-likeness (QED) is 0.534. The van der Waals surface area contributed by atoms with Gasteiger partial charge in [0.15, 0.2) is 0 Å². The van der Waals surface area contributed by atoms with E-state index in [9.17, 15) is 14.4 Å². The summed E-state index contributed by atoms with van der Waals surface area (Å²) in [5.74, 6) is -1.90. The molecular formula is C22H19N3O6. The lowest BCUT2D eigenvalue weighted by Crippen LogP contribution is -2.31. The number of nitrogens with one attached hydrogen (secondary N) is 2. The number of alkyl carbamates (subject to hydrolysis) is 1. The average molecular weight is 421 g/mol. The minimum Gasteiger partial charge on any atom is -0.480 e. The highest BCUT2D eigenvalue weighted by Crippen LogP contribution is 2.44. The summed E-state index contributed by atoms with van der Waals surface area (Å²) in [6.45, 7) is -0.489. The summed E-state index contributed by atoms with van der Waals surface area (Å²) in [6.07, 6.45) is 0.424. The molecule has 1 heterocycles. The first kappa shape index (κ1) is 20.1. The maximum Gasteiger partial charge on any atom is 0.407 e. The van der Waals surface area contributed by atoms with Crippen molar-refractivity contribution in [3.8, 4) is 11.1 Å². The van der Waals surface area contributed by atoms with Gasteiger partial charge < -0.3 is 25.0 Å². The van der Waals surface area contributed by atoms with Gasteiger partial charge in [-0.05, 0) is 22.3 Å². The van der Waals surface area contributed by atoms with E-state index in [1.807, 2.05) is 36.4 Å². The molecule has 2 amide bonds. The molecule has 31 heavy (non-hydrogen) atoms. The van der Waals surface area contributed by atoms with Crippen LogP contribution in [0.25, 0.3) is 11.1 Å². The summed E-state index contributed by atoms with van der Waals surface area (Å²) in [6, 6.07) is 16.0. The first-order chi connectivity index (χ1) is 15.0. The molecule has 1 aliphatic rings. The molecule has 2 aromatic carbocycles. The van der Waals surface area contributed by atoms with Gasteiger partial charge in [-0.25, -0.2) is 4.79 Å². The van der Waals surface area contributed by atoms with Crippen molar-refractivity contribution in [2.24, 2.45) is 0 Å². The van der Waals surface area contributed by atoms with Crippen LogP contribution in [0, 0.1) is 0 Å². The number of fused-ring (bicyclic) bond motifs is 3. The Hall–Kier alpha value is -4.14. The first-order valence-corrected chi connectivity index (χ1v) is 9.56. The largest absolute Gasteiger partial charge is 0.480 e. The number of aliphatic carboxylic acids is 1. The van der Waals surface area contributed by atoms with Crippen LogP contribution in [-0.2, 0) is 16.1 Å². The van der Waals surface area contributed by atoms with Crippen LogP contribution in [-0.4, -0.2) is 41.4 Å². The number of rotatable bonds is 7. The number of hydrogen-bond acceptors (Lipinski definition) is 6. The molecule has 0 unspecified atom stereocenters. The molecule has 9 heteroatoms. The third-order valence-corrected chi connectivity index (χ3v) is 5.03. The van der Waals surface area contributed by atoms with Crippen LogP contribution >= 0.6 is 0 Å². The van der Waals surface area contributed by atoms with Gasteiger partial charge in [0.1, 0.15) is 30.7 Å².